The zero-order chi connectivity index (χ0) is 14.2. The number of nitrogens with one attached hydrogen (secondary N) is 2. The Bertz CT molecular complexity index is 460. The van der Waals surface area contributed by atoms with Gasteiger partial charge in [0.25, 0.3) is 0 Å². The van der Waals surface area contributed by atoms with Crippen molar-refractivity contribution in [1.82, 2.24) is 10.6 Å². The monoisotopic (exact) mass is 274 g/mol. The van der Waals surface area contributed by atoms with Gasteiger partial charge in [-0.15, -0.1) is 6.58 Å². The number of hydrogen-bond donors (Lipinski definition) is 2. The fraction of sp³-hybridized carbons (Fsp3) is 0.438. The first-order chi connectivity index (χ1) is 9.81. The van der Waals surface area contributed by atoms with Gasteiger partial charge in [-0.2, -0.15) is 0 Å². The van der Waals surface area contributed by atoms with E-state index >= 15 is 0 Å². The highest BCUT2D eigenvalue weighted by molar-refractivity contribution is 5.82. The largest absolute Gasteiger partial charge is 0.379 e. The standard InChI is InChI=1S/C16H22N2O2/c1-2-3-9-20-10-8-17-16(19)15-11-13-6-4-5-7-14(13)12-18-15/h2,4-7,15,18H,1,3,8-12H2,(H,17,19). The van der Waals surface area contributed by atoms with E-state index in [9.17, 15) is 4.79 Å². The van der Waals surface area contributed by atoms with Gasteiger partial charge in [-0.25, -0.2) is 0 Å². The predicted molar refractivity (Wildman–Crippen MR) is 79.4 cm³/mol. The Morgan fingerprint density at radius 3 is 3.00 bits per heavy atom. The molecule has 1 aliphatic heterocycles. The fourth-order valence-corrected chi connectivity index (χ4v) is 2.28. The average Bonchev–Trinajstić information content (AvgIpc) is 2.50. The van der Waals surface area contributed by atoms with Gasteiger partial charge in [0.1, 0.15) is 0 Å². The second-order valence-corrected chi connectivity index (χ2v) is 4.89. The van der Waals surface area contributed by atoms with Gasteiger partial charge in [0.15, 0.2) is 0 Å². The lowest BCUT2D eigenvalue weighted by Crippen LogP contribution is -2.48. The van der Waals surface area contributed by atoms with E-state index in [0.717, 1.165) is 19.4 Å². The third-order valence-corrected chi connectivity index (χ3v) is 3.41. The summed E-state index contributed by atoms with van der Waals surface area (Å²) in [5.74, 6) is 0.0480. The molecule has 1 aliphatic rings. The zero-order valence-electron chi connectivity index (χ0n) is 11.7. The predicted octanol–water partition coefficient (Wildman–Crippen LogP) is 1.41. The number of rotatable bonds is 7. The van der Waals surface area contributed by atoms with Crippen LogP contribution in [-0.4, -0.2) is 31.7 Å². The second kappa shape index (κ2) is 7.82. The van der Waals surface area contributed by atoms with Crippen LogP contribution in [0, 0.1) is 0 Å². The lowest BCUT2D eigenvalue weighted by atomic mass is 9.95. The number of benzene rings is 1. The molecule has 1 unspecified atom stereocenters. The first-order valence-electron chi connectivity index (χ1n) is 7.08. The summed E-state index contributed by atoms with van der Waals surface area (Å²) in [6, 6.07) is 8.10. The minimum Gasteiger partial charge on any atom is -0.379 e. The molecule has 0 fully saturated rings. The highest BCUT2D eigenvalue weighted by atomic mass is 16.5. The van der Waals surface area contributed by atoms with Crippen LogP contribution in [0.2, 0.25) is 0 Å². The van der Waals surface area contributed by atoms with Crippen molar-refractivity contribution in [1.29, 1.82) is 0 Å². The number of fused-ring (bicyclic) bond motifs is 1. The van der Waals surface area contributed by atoms with E-state index < -0.39 is 0 Å². The van der Waals surface area contributed by atoms with Crippen LogP contribution in [0.1, 0.15) is 17.5 Å². The Hall–Kier alpha value is -1.65. The van der Waals surface area contributed by atoms with E-state index in [4.69, 9.17) is 4.74 Å². The molecule has 1 aromatic carbocycles. The molecule has 0 spiro atoms. The topological polar surface area (TPSA) is 50.4 Å². The van der Waals surface area contributed by atoms with Crippen molar-refractivity contribution < 1.29 is 9.53 Å². The summed E-state index contributed by atoms with van der Waals surface area (Å²) in [6.07, 6.45) is 3.41. The molecule has 0 bridgehead atoms. The van der Waals surface area contributed by atoms with E-state index in [1.54, 1.807) is 0 Å². The molecule has 4 nitrogen and oxygen atoms in total. The highest BCUT2D eigenvalue weighted by Crippen LogP contribution is 2.16. The van der Waals surface area contributed by atoms with Gasteiger partial charge in [0.05, 0.1) is 19.3 Å². The van der Waals surface area contributed by atoms with Crippen LogP contribution in [0.4, 0.5) is 0 Å². The summed E-state index contributed by atoms with van der Waals surface area (Å²) >= 11 is 0. The van der Waals surface area contributed by atoms with Crippen molar-refractivity contribution in [3.05, 3.63) is 48.0 Å². The van der Waals surface area contributed by atoms with Crippen molar-refractivity contribution >= 4 is 5.91 Å². The van der Waals surface area contributed by atoms with Crippen molar-refractivity contribution in [3.8, 4) is 0 Å². The van der Waals surface area contributed by atoms with E-state index in [0.29, 0.717) is 19.8 Å². The molecule has 1 amide bonds. The molecule has 0 saturated heterocycles. The smallest absolute Gasteiger partial charge is 0.237 e. The molecule has 0 aliphatic carbocycles. The summed E-state index contributed by atoms with van der Waals surface area (Å²) < 4.78 is 5.36. The van der Waals surface area contributed by atoms with Crippen LogP contribution in [0.5, 0.6) is 0 Å². The van der Waals surface area contributed by atoms with Gasteiger partial charge in [0, 0.05) is 13.1 Å². The zero-order valence-corrected chi connectivity index (χ0v) is 11.7. The molecule has 20 heavy (non-hydrogen) atoms. The van der Waals surface area contributed by atoms with Crippen LogP contribution in [0.25, 0.3) is 0 Å². The Balaban J connectivity index is 1.70. The third-order valence-electron chi connectivity index (χ3n) is 3.41. The maximum absolute atomic E-state index is 12.1. The van der Waals surface area contributed by atoms with Crippen molar-refractivity contribution in [2.45, 2.75) is 25.4 Å². The summed E-state index contributed by atoms with van der Waals surface area (Å²) in [5, 5.41) is 6.18. The van der Waals surface area contributed by atoms with Gasteiger partial charge < -0.3 is 15.4 Å². The molecule has 1 heterocycles. The number of amides is 1. The van der Waals surface area contributed by atoms with E-state index in [-0.39, 0.29) is 11.9 Å². The Labute approximate surface area is 120 Å². The lowest BCUT2D eigenvalue weighted by Gasteiger charge is -2.25. The summed E-state index contributed by atoms with van der Waals surface area (Å²) in [6.45, 7) is 6.14. The van der Waals surface area contributed by atoms with Gasteiger partial charge >= 0.3 is 0 Å². The second-order valence-electron chi connectivity index (χ2n) is 4.89. The first kappa shape index (κ1) is 14.8. The van der Waals surface area contributed by atoms with Crippen LogP contribution < -0.4 is 10.6 Å². The van der Waals surface area contributed by atoms with E-state index in [1.807, 2.05) is 18.2 Å². The highest BCUT2D eigenvalue weighted by Gasteiger charge is 2.23. The molecule has 2 N–H and O–H groups in total. The van der Waals surface area contributed by atoms with Crippen LogP contribution >= 0.6 is 0 Å². The molecule has 4 heteroatoms. The van der Waals surface area contributed by atoms with Crippen molar-refractivity contribution in [2.24, 2.45) is 0 Å². The molecule has 1 atom stereocenters. The maximum Gasteiger partial charge on any atom is 0.237 e. The Morgan fingerprint density at radius 1 is 1.40 bits per heavy atom. The van der Waals surface area contributed by atoms with Crippen LogP contribution in [0.3, 0.4) is 0 Å². The van der Waals surface area contributed by atoms with Crippen LogP contribution in [0.15, 0.2) is 36.9 Å². The molecular weight excluding hydrogens is 252 g/mol. The third kappa shape index (κ3) is 4.18. The van der Waals surface area contributed by atoms with Gasteiger partial charge in [0.2, 0.25) is 5.91 Å². The molecule has 0 saturated carbocycles. The molecule has 0 radical (unpaired) electrons. The molecule has 1 aromatic rings. The van der Waals surface area contributed by atoms with Gasteiger partial charge in [-0.1, -0.05) is 30.3 Å². The molecule has 0 aromatic heterocycles. The van der Waals surface area contributed by atoms with Crippen molar-refractivity contribution in [2.75, 3.05) is 19.8 Å². The summed E-state index contributed by atoms with van der Waals surface area (Å²) in [4.78, 5) is 12.1. The number of ether oxygens (including phenoxy) is 1. The lowest BCUT2D eigenvalue weighted by molar-refractivity contribution is -0.123. The Morgan fingerprint density at radius 2 is 2.20 bits per heavy atom. The molecular formula is C16H22N2O2. The minimum atomic E-state index is -0.141. The Kier molecular flexibility index (Phi) is 5.77. The fourth-order valence-electron chi connectivity index (χ4n) is 2.28. The quantitative estimate of drug-likeness (QED) is 0.584. The van der Waals surface area contributed by atoms with Crippen LogP contribution in [-0.2, 0) is 22.5 Å². The number of carbonyl (C=O) groups excluding carboxylic acids is 1. The maximum atomic E-state index is 12.1. The number of hydrogen-bond acceptors (Lipinski definition) is 3. The van der Waals surface area contributed by atoms with Gasteiger partial charge in [-0.05, 0) is 24.0 Å². The minimum absolute atomic E-state index is 0.0480. The SMILES string of the molecule is C=CCCOCCNC(=O)C1Cc2ccccc2CN1. The normalized spacial score (nSPS) is 17.3. The van der Waals surface area contributed by atoms with Crippen molar-refractivity contribution in [3.63, 3.8) is 0 Å². The first-order valence-corrected chi connectivity index (χ1v) is 7.08. The molecule has 2 rings (SSSR count). The van der Waals surface area contributed by atoms with Gasteiger partial charge in [-0.3, -0.25) is 4.79 Å². The summed E-state index contributed by atoms with van der Waals surface area (Å²) in [5.41, 5.74) is 2.54. The average molecular weight is 274 g/mol. The van der Waals surface area contributed by atoms with E-state index in [2.05, 4.69) is 29.3 Å². The number of carbonyl (C=O) groups is 1. The molecule has 108 valence electrons. The van der Waals surface area contributed by atoms with E-state index in [1.165, 1.54) is 11.1 Å². The summed E-state index contributed by atoms with van der Waals surface area (Å²) in [7, 11) is 0.